The summed E-state index contributed by atoms with van der Waals surface area (Å²) in [6.07, 6.45) is 0. The average molecular weight is 228 g/mol. The number of nitrogens with zero attached hydrogens (tertiary/aromatic N) is 1. The van der Waals surface area contributed by atoms with Crippen LogP contribution in [0.25, 0.3) is 0 Å². The summed E-state index contributed by atoms with van der Waals surface area (Å²) in [5, 5.41) is 2.55. The van der Waals surface area contributed by atoms with Gasteiger partial charge in [-0.15, -0.1) is 0 Å². The summed E-state index contributed by atoms with van der Waals surface area (Å²) in [4.78, 5) is 24.5. The molecule has 0 aromatic rings. The molecule has 0 saturated carbocycles. The lowest BCUT2D eigenvalue weighted by Crippen LogP contribution is -2.57. The minimum absolute atomic E-state index is 0.0513. The normalized spacial score (nSPS) is 22.2. The Morgan fingerprint density at radius 1 is 1.44 bits per heavy atom. The van der Waals surface area contributed by atoms with Crippen molar-refractivity contribution >= 4 is 11.8 Å². The van der Waals surface area contributed by atoms with Crippen molar-refractivity contribution in [2.24, 2.45) is 0 Å². The fourth-order valence-corrected chi connectivity index (χ4v) is 1.54. The third-order valence-electron chi connectivity index (χ3n) is 2.45. The van der Waals surface area contributed by atoms with E-state index >= 15 is 0 Å². The maximum absolute atomic E-state index is 11.6. The number of piperazine rings is 1. The second-order valence-corrected chi connectivity index (χ2v) is 4.94. The zero-order valence-electron chi connectivity index (χ0n) is 10.4. The van der Waals surface area contributed by atoms with Gasteiger partial charge in [-0.2, -0.15) is 0 Å². The van der Waals surface area contributed by atoms with Crippen LogP contribution in [0.2, 0.25) is 0 Å². The number of amides is 2. The van der Waals surface area contributed by atoms with E-state index in [4.69, 9.17) is 4.74 Å². The number of nitrogens with one attached hydrogen (secondary N) is 1. The fraction of sp³-hybridized carbons (Fsp3) is 0.818. The Morgan fingerprint density at radius 2 is 2.06 bits per heavy atom. The summed E-state index contributed by atoms with van der Waals surface area (Å²) in [6, 6.07) is -0.398. The highest BCUT2D eigenvalue weighted by molar-refractivity contribution is 5.94. The van der Waals surface area contributed by atoms with E-state index in [1.807, 2.05) is 20.8 Å². The highest BCUT2D eigenvalue weighted by atomic mass is 16.5. The third kappa shape index (κ3) is 3.48. The standard InChI is InChI=1S/C11H20N2O3/c1-8-10(15)12-7-9(14)13(8)5-6-16-11(2,3)4/h8H,5-7H2,1-4H3,(H,12,15). The number of hydrogen-bond donors (Lipinski definition) is 1. The third-order valence-corrected chi connectivity index (χ3v) is 2.45. The first kappa shape index (κ1) is 13.0. The van der Waals surface area contributed by atoms with Crippen LogP contribution in [0.4, 0.5) is 0 Å². The molecule has 0 bridgehead atoms. The molecule has 0 spiro atoms. The number of rotatable bonds is 3. The van der Waals surface area contributed by atoms with Crippen LogP contribution in [0.1, 0.15) is 27.7 Å². The predicted molar refractivity (Wildman–Crippen MR) is 59.9 cm³/mol. The van der Waals surface area contributed by atoms with Gasteiger partial charge in [0.1, 0.15) is 6.04 Å². The van der Waals surface area contributed by atoms with Crippen molar-refractivity contribution in [3.8, 4) is 0 Å². The van der Waals surface area contributed by atoms with Crippen molar-refractivity contribution in [2.45, 2.75) is 39.3 Å². The van der Waals surface area contributed by atoms with Crippen LogP contribution in [0.3, 0.4) is 0 Å². The van der Waals surface area contributed by atoms with Gasteiger partial charge in [0.25, 0.3) is 0 Å². The lowest BCUT2D eigenvalue weighted by atomic mass is 10.2. The van der Waals surface area contributed by atoms with Gasteiger partial charge in [0.2, 0.25) is 11.8 Å². The molecule has 2 amide bonds. The highest BCUT2D eigenvalue weighted by Crippen LogP contribution is 2.09. The van der Waals surface area contributed by atoms with Gasteiger partial charge in [-0.05, 0) is 27.7 Å². The van der Waals surface area contributed by atoms with Crippen molar-refractivity contribution in [3.63, 3.8) is 0 Å². The summed E-state index contributed by atoms with van der Waals surface area (Å²) in [6.45, 7) is 8.61. The quantitative estimate of drug-likeness (QED) is 0.748. The summed E-state index contributed by atoms with van der Waals surface area (Å²) >= 11 is 0. The Bertz CT molecular complexity index is 283. The molecular weight excluding hydrogens is 208 g/mol. The Balaban J connectivity index is 2.45. The summed E-state index contributed by atoms with van der Waals surface area (Å²) in [5.74, 6) is -0.153. The van der Waals surface area contributed by atoms with Gasteiger partial charge in [0.15, 0.2) is 0 Å². The monoisotopic (exact) mass is 228 g/mol. The first-order valence-corrected chi connectivity index (χ1v) is 5.52. The first-order chi connectivity index (χ1) is 7.31. The van der Waals surface area contributed by atoms with Gasteiger partial charge in [-0.25, -0.2) is 0 Å². The Hall–Kier alpha value is -1.10. The van der Waals surface area contributed by atoms with Crippen LogP contribution in [0.5, 0.6) is 0 Å². The van der Waals surface area contributed by atoms with Crippen LogP contribution >= 0.6 is 0 Å². The summed E-state index contributed by atoms with van der Waals surface area (Å²) < 4.78 is 5.54. The highest BCUT2D eigenvalue weighted by Gasteiger charge is 2.30. The molecule has 1 fully saturated rings. The van der Waals surface area contributed by atoms with Crippen molar-refractivity contribution in [1.82, 2.24) is 10.2 Å². The smallest absolute Gasteiger partial charge is 0.242 e. The molecule has 92 valence electrons. The molecule has 5 heteroatoms. The van der Waals surface area contributed by atoms with Gasteiger partial charge < -0.3 is 15.0 Å². The molecule has 0 aromatic heterocycles. The lowest BCUT2D eigenvalue weighted by Gasteiger charge is -2.33. The molecule has 1 aliphatic rings. The van der Waals surface area contributed by atoms with Crippen LogP contribution in [-0.4, -0.2) is 48.1 Å². The SMILES string of the molecule is CC1C(=O)NCC(=O)N1CCOC(C)(C)C. The molecular formula is C11H20N2O3. The van der Waals surface area contributed by atoms with Gasteiger partial charge in [-0.1, -0.05) is 0 Å². The van der Waals surface area contributed by atoms with E-state index in [1.165, 1.54) is 0 Å². The van der Waals surface area contributed by atoms with E-state index in [2.05, 4.69) is 5.32 Å². The number of carbonyl (C=O) groups is 2. The molecule has 1 N–H and O–H groups in total. The second-order valence-electron chi connectivity index (χ2n) is 4.94. The molecule has 1 heterocycles. The largest absolute Gasteiger partial charge is 0.374 e. The Labute approximate surface area is 96.1 Å². The Morgan fingerprint density at radius 3 is 2.62 bits per heavy atom. The first-order valence-electron chi connectivity index (χ1n) is 5.52. The van der Waals surface area contributed by atoms with Crippen LogP contribution in [0, 0.1) is 0 Å². The molecule has 1 unspecified atom stereocenters. The second kappa shape index (κ2) is 4.82. The van der Waals surface area contributed by atoms with E-state index in [9.17, 15) is 9.59 Å². The zero-order chi connectivity index (χ0) is 12.3. The number of hydrogen-bond acceptors (Lipinski definition) is 3. The predicted octanol–water partition coefficient (Wildman–Crippen LogP) is 0.148. The maximum atomic E-state index is 11.6. The van der Waals surface area contributed by atoms with Crippen molar-refractivity contribution in [1.29, 1.82) is 0 Å². The van der Waals surface area contributed by atoms with E-state index < -0.39 is 6.04 Å². The average Bonchev–Trinajstić information content (AvgIpc) is 2.16. The minimum Gasteiger partial charge on any atom is -0.374 e. The molecule has 1 rings (SSSR count). The molecule has 0 aromatic carbocycles. The van der Waals surface area contributed by atoms with Gasteiger partial charge in [0, 0.05) is 6.54 Å². The molecule has 1 saturated heterocycles. The molecule has 1 atom stereocenters. The number of carbonyl (C=O) groups excluding carboxylic acids is 2. The van der Waals surface area contributed by atoms with Crippen LogP contribution < -0.4 is 5.32 Å². The van der Waals surface area contributed by atoms with Crippen molar-refractivity contribution < 1.29 is 14.3 Å². The lowest BCUT2D eigenvalue weighted by molar-refractivity contribution is -0.146. The zero-order valence-corrected chi connectivity index (χ0v) is 10.4. The molecule has 0 aliphatic carbocycles. The molecule has 16 heavy (non-hydrogen) atoms. The molecule has 5 nitrogen and oxygen atoms in total. The van der Waals surface area contributed by atoms with E-state index in [1.54, 1.807) is 11.8 Å². The van der Waals surface area contributed by atoms with E-state index in [-0.39, 0.29) is 24.0 Å². The summed E-state index contributed by atoms with van der Waals surface area (Å²) in [5.41, 5.74) is -0.218. The Kier molecular flexibility index (Phi) is 3.91. The van der Waals surface area contributed by atoms with Crippen molar-refractivity contribution in [2.75, 3.05) is 19.7 Å². The maximum Gasteiger partial charge on any atom is 0.242 e. The van der Waals surface area contributed by atoms with E-state index in [0.29, 0.717) is 13.2 Å². The van der Waals surface area contributed by atoms with Gasteiger partial charge >= 0.3 is 0 Å². The fourth-order valence-electron chi connectivity index (χ4n) is 1.54. The molecule has 1 aliphatic heterocycles. The minimum atomic E-state index is -0.398. The topological polar surface area (TPSA) is 58.6 Å². The van der Waals surface area contributed by atoms with Crippen LogP contribution in [0.15, 0.2) is 0 Å². The number of ether oxygens (including phenoxy) is 1. The summed E-state index contributed by atoms with van der Waals surface area (Å²) in [7, 11) is 0. The van der Waals surface area contributed by atoms with Crippen molar-refractivity contribution in [3.05, 3.63) is 0 Å². The molecule has 0 radical (unpaired) electrons. The van der Waals surface area contributed by atoms with E-state index in [0.717, 1.165) is 0 Å². The van der Waals surface area contributed by atoms with Gasteiger partial charge in [0.05, 0.1) is 18.8 Å². The van der Waals surface area contributed by atoms with Crippen LogP contribution in [-0.2, 0) is 14.3 Å². The van der Waals surface area contributed by atoms with Gasteiger partial charge in [-0.3, -0.25) is 9.59 Å².